The Morgan fingerprint density at radius 2 is 1.70 bits per heavy atom. The minimum Gasteiger partial charge on any atom is -0.396 e. The Morgan fingerprint density at radius 3 is 2.36 bits per heavy atom. The van der Waals surface area contributed by atoms with Crippen LogP contribution in [0.2, 0.25) is 0 Å². The van der Waals surface area contributed by atoms with Crippen molar-refractivity contribution < 1.29 is 18.7 Å². The van der Waals surface area contributed by atoms with Gasteiger partial charge in [0.1, 0.15) is 22.5 Å². The molecule has 2 aromatic heterocycles. The highest BCUT2D eigenvalue weighted by Crippen LogP contribution is 2.35. The summed E-state index contributed by atoms with van der Waals surface area (Å²) < 4.78 is 27.0. The second-order valence-corrected chi connectivity index (χ2v) is 7.94. The Hall–Kier alpha value is -3.56. The summed E-state index contributed by atoms with van der Waals surface area (Å²) >= 11 is 1.21. The zero-order valence-corrected chi connectivity index (χ0v) is 18.4. The number of aryl methyl sites for hydroxylation is 1. The normalized spacial score (nSPS) is 10.4. The monoisotopic (exact) mass is 468 g/mol. The van der Waals surface area contributed by atoms with E-state index in [0.29, 0.717) is 5.01 Å². The predicted octanol–water partition coefficient (Wildman–Crippen LogP) is 4.65. The number of aliphatic hydroxyl groups is 1. The van der Waals surface area contributed by atoms with Crippen LogP contribution in [0.4, 0.5) is 8.78 Å². The number of hydrogen-bond acceptors (Lipinski definition) is 6. The number of primary amides is 1. The third-order valence-corrected chi connectivity index (χ3v) is 5.62. The van der Waals surface area contributed by atoms with Crippen molar-refractivity contribution in [2.24, 2.45) is 5.73 Å². The Balaban J connectivity index is 0.000000235. The number of rotatable bonds is 7. The molecule has 2 aromatic carbocycles. The maximum absolute atomic E-state index is 14.1. The fourth-order valence-corrected chi connectivity index (χ4v) is 3.92. The summed E-state index contributed by atoms with van der Waals surface area (Å²) in [6.45, 7) is 0.257. The fraction of sp³-hybridized carbons (Fsp3) is 0.167. The molecule has 2 heterocycles. The van der Waals surface area contributed by atoms with Crippen molar-refractivity contribution in [1.82, 2.24) is 15.0 Å². The van der Waals surface area contributed by atoms with Crippen LogP contribution in [0.15, 0.2) is 67.1 Å². The third kappa shape index (κ3) is 6.71. The van der Waals surface area contributed by atoms with E-state index in [9.17, 15) is 13.6 Å². The van der Waals surface area contributed by atoms with Gasteiger partial charge in [-0.1, -0.05) is 18.2 Å². The molecule has 0 radical (unpaired) electrons. The number of hydrogen-bond donors (Lipinski definition) is 2. The second-order valence-electron chi connectivity index (χ2n) is 6.91. The summed E-state index contributed by atoms with van der Waals surface area (Å²) in [7, 11) is 0. The van der Waals surface area contributed by atoms with E-state index in [2.05, 4.69) is 15.0 Å². The molecule has 6 nitrogen and oxygen atoms in total. The summed E-state index contributed by atoms with van der Waals surface area (Å²) in [4.78, 5) is 24.5. The first-order valence-electron chi connectivity index (χ1n) is 10.2. The van der Waals surface area contributed by atoms with Gasteiger partial charge in [-0.2, -0.15) is 0 Å². The van der Waals surface area contributed by atoms with Gasteiger partial charge in [-0.25, -0.2) is 23.7 Å². The summed E-state index contributed by atoms with van der Waals surface area (Å²) in [5.74, 6) is -0.746. The van der Waals surface area contributed by atoms with Crippen LogP contribution in [0.25, 0.3) is 21.0 Å². The van der Waals surface area contributed by atoms with E-state index in [4.69, 9.17) is 10.8 Å². The number of halogens is 2. The lowest BCUT2D eigenvalue weighted by atomic mass is 10.1. The van der Waals surface area contributed by atoms with Gasteiger partial charge in [0.25, 0.3) is 0 Å². The number of nitrogens with two attached hydrogens (primary N) is 1. The SMILES string of the molecule is NC(=O)c1cccc(F)c1-c1ncc(-c2ccc(F)cc2)s1.OCCCCc1ncccn1. The minimum absolute atomic E-state index is 0.0833. The highest BCUT2D eigenvalue weighted by Gasteiger charge is 2.18. The van der Waals surface area contributed by atoms with E-state index < -0.39 is 11.7 Å². The minimum atomic E-state index is -0.715. The summed E-state index contributed by atoms with van der Waals surface area (Å²) in [5.41, 5.74) is 6.23. The van der Waals surface area contributed by atoms with E-state index >= 15 is 0 Å². The number of aliphatic hydroxyl groups excluding tert-OH is 1. The lowest BCUT2D eigenvalue weighted by Gasteiger charge is -2.04. The fourth-order valence-electron chi connectivity index (χ4n) is 2.94. The first-order valence-corrected chi connectivity index (χ1v) is 11.0. The number of unbranched alkanes of at least 4 members (excludes halogenated alkanes) is 1. The quantitative estimate of drug-likeness (QED) is 0.385. The molecular weight excluding hydrogens is 446 g/mol. The number of aromatic nitrogens is 3. The van der Waals surface area contributed by atoms with E-state index in [1.54, 1.807) is 36.8 Å². The molecule has 0 atom stereocenters. The molecule has 0 aliphatic rings. The standard InChI is InChI=1S/C16H10F2N2OS.C8H12N2O/c17-10-6-4-9(5-7-10)13-8-20-16(22-13)14-11(15(19)21)2-1-3-12(14)18;11-7-2-1-4-8-9-5-3-6-10-8/h1-8H,(H2,19,21);3,5-6,11H,1-2,4,7H2. The number of nitrogens with zero attached hydrogens (tertiary/aromatic N) is 3. The molecule has 170 valence electrons. The van der Waals surface area contributed by atoms with Crippen LogP contribution in [0, 0.1) is 11.6 Å². The summed E-state index contributed by atoms with van der Waals surface area (Å²) in [6, 6.07) is 11.8. The molecule has 9 heteroatoms. The molecule has 3 N–H and O–H groups in total. The van der Waals surface area contributed by atoms with Gasteiger partial charge in [-0.05, 0) is 48.7 Å². The van der Waals surface area contributed by atoms with Gasteiger partial charge in [0.05, 0.1) is 16.0 Å². The zero-order chi connectivity index (χ0) is 23.6. The van der Waals surface area contributed by atoms with Crippen molar-refractivity contribution in [2.75, 3.05) is 6.61 Å². The second kappa shape index (κ2) is 11.9. The molecule has 0 aliphatic heterocycles. The molecule has 0 saturated heterocycles. The van der Waals surface area contributed by atoms with Crippen molar-refractivity contribution in [3.63, 3.8) is 0 Å². The van der Waals surface area contributed by atoms with E-state index in [1.165, 1.54) is 41.7 Å². The number of carbonyl (C=O) groups excluding carboxylic acids is 1. The van der Waals surface area contributed by atoms with Gasteiger partial charge in [-0.15, -0.1) is 11.3 Å². The maximum atomic E-state index is 14.1. The van der Waals surface area contributed by atoms with Crippen molar-refractivity contribution in [3.05, 3.63) is 90.1 Å². The molecule has 33 heavy (non-hydrogen) atoms. The highest BCUT2D eigenvalue weighted by molar-refractivity contribution is 7.18. The summed E-state index contributed by atoms with van der Waals surface area (Å²) in [6.07, 6.45) is 7.69. The molecule has 1 amide bonds. The molecule has 0 spiro atoms. The Labute approximate surface area is 193 Å². The van der Waals surface area contributed by atoms with Gasteiger partial charge >= 0.3 is 0 Å². The number of thiazole rings is 1. The first kappa shape index (κ1) is 24.1. The van der Waals surface area contributed by atoms with Crippen LogP contribution in [-0.4, -0.2) is 32.6 Å². The molecule has 4 rings (SSSR count). The van der Waals surface area contributed by atoms with Gasteiger partial charge in [0.2, 0.25) is 5.91 Å². The molecular formula is C24H22F2N4O2S. The Bertz CT molecular complexity index is 1180. The molecule has 0 fully saturated rings. The number of carbonyl (C=O) groups is 1. The summed E-state index contributed by atoms with van der Waals surface area (Å²) in [5, 5.41) is 8.86. The highest BCUT2D eigenvalue weighted by atomic mass is 32.1. The number of amides is 1. The van der Waals surface area contributed by atoms with Crippen LogP contribution in [0.1, 0.15) is 29.0 Å². The molecule has 0 unspecified atom stereocenters. The lowest BCUT2D eigenvalue weighted by Crippen LogP contribution is -2.13. The van der Waals surface area contributed by atoms with Crippen molar-refractivity contribution in [2.45, 2.75) is 19.3 Å². The van der Waals surface area contributed by atoms with E-state index in [-0.39, 0.29) is 23.6 Å². The van der Waals surface area contributed by atoms with Crippen LogP contribution < -0.4 is 5.73 Å². The van der Waals surface area contributed by atoms with Crippen LogP contribution in [0.5, 0.6) is 0 Å². The molecule has 4 aromatic rings. The molecule has 0 aliphatic carbocycles. The smallest absolute Gasteiger partial charge is 0.249 e. The third-order valence-electron chi connectivity index (χ3n) is 4.56. The zero-order valence-electron chi connectivity index (χ0n) is 17.6. The van der Waals surface area contributed by atoms with E-state index in [1.807, 2.05) is 0 Å². The first-order chi connectivity index (χ1) is 16.0. The van der Waals surface area contributed by atoms with Gasteiger partial charge in [-0.3, -0.25) is 4.79 Å². The van der Waals surface area contributed by atoms with Crippen LogP contribution >= 0.6 is 11.3 Å². The Morgan fingerprint density at radius 1 is 0.970 bits per heavy atom. The van der Waals surface area contributed by atoms with Gasteiger partial charge < -0.3 is 10.8 Å². The maximum Gasteiger partial charge on any atom is 0.249 e. The van der Waals surface area contributed by atoms with E-state index in [0.717, 1.165) is 35.5 Å². The van der Waals surface area contributed by atoms with Crippen molar-refractivity contribution >= 4 is 17.2 Å². The predicted molar refractivity (Wildman–Crippen MR) is 123 cm³/mol. The van der Waals surface area contributed by atoms with Crippen LogP contribution in [-0.2, 0) is 6.42 Å². The average Bonchev–Trinajstić information content (AvgIpc) is 3.30. The van der Waals surface area contributed by atoms with Crippen molar-refractivity contribution in [1.29, 1.82) is 0 Å². The molecule has 0 bridgehead atoms. The van der Waals surface area contributed by atoms with Gasteiger partial charge in [0, 0.05) is 31.6 Å². The van der Waals surface area contributed by atoms with Crippen LogP contribution in [0.3, 0.4) is 0 Å². The number of benzene rings is 2. The topological polar surface area (TPSA) is 102 Å². The Kier molecular flexibility index (Phi) is 8.68. The largest absolute Gasteiger partial charge is 0.396 e. The molecule has 0 saturated carbocycles. The van der Waals surface area contributed by atoms with Gasteiger partial charge in [0.15, 0.2) is 0 Å². The lowest BCUT2D eigenvalue weighted by molar-refractivity contribution is 0.100. The van der Waals surface area contributed by atoms with Crippen molar-refractivity contribution in [3.8, 4) is 21.0 Å². The average molecular weight is 469 g/mol.